The molecule has 0 spiro atoms. The first kappa shape index (κ1) is 22.2. The van der Waals surface area contributed by atoms with E-state index in [1.165, 1.54) is 11.3 Å². The minimum absolute atomic E-state index is 0.0272. The number of benzene rings is 3. The van der Waals surface area contributed by atoms with Gasteiger partial charge in [0, 0.05) is 26.8 Å². The van der Waals surface area contributed by atoms with E-state index >= 15 is 0 Å². The van der Waals surface area contributed by atoms with E-state index in [1.807, 2.05) is 24.3 Å². The largest absolute Gasteiger partial charge is 0.505 e. The zero-order valence-corrected chi connectivity index (χ0v) is 18.4. The van der Waals surface area contributed by atoms with E-state index in [2.05, 4.69) is 0 Å². The number of halogens is 3. The van der Waals surface area contributed by atoms with Gasteiger partial charge in [-0.3, -0.25) is 0 Å². The van der Waals surface area contributed by atoms with Gasteiger partial charge in [0.1, 0.15) is 16.5 Å². The second-order valence-corrected chi connectivity index (χ2v) is 10.4. The van der Waals surface area contributed by atoms with Gasteiger partial charge in [-0.1, -0.05) is 29.8 Å². The van der Waals surface area contributed by atoms with Crippen LogP contribution in [0, 0.1) is 11.6 Å². The summed E-state index contributed by atoms with van der Waals surface area (Å²) in [7, 11) is -4.44. The maximum absolute atomic E-state index is 14.6. The SMILES string of the molecule is O=C(O)c1cc(Cl)c(O)c(S(=O)(=O)Cc2cc(-c3cc4ccccc4s3)c(F)cc2F)c1. The molecule has 0 aliphatic rings. The smallest absolute Gasteiger partial charge is 0.335 e. The number of hydrogen-bond acceptors (Lipinski definition) is 5. The van der Waals surface area contributed by atoms with Crippen LogP contribution in [0.15, 0.2) is 59.5 Å². The molecule has 32 heavy (non-hydrogen) atoms. The van der Waals surface area contributed by atoms with E-state index in [0.717, 1.165) is 28.3 Å². The molecular formula is C22H13ClF2O5S2. The average Bonchev–Trinajstić information content (AvgIpc) is 3.15. The molecule has 4 aromatic rings. The molecule has 0 aliphatic heterocycles. The second-order valence-electron chi connectivity index (χ2n) is 6.94. The van der Waals surface area contributed by atoms with Gasteiger partial charge in [-0.2, -0.15) is 0 Å². The molecule has 0 radical (unpaired) electrons. The minimum atomic E-state index is -4.44. The summed E-state index contributed by atoms with van der Waals surface area (Å²) in [4.78, 5) is 11.0. The number of sulfone groups is 1. The maximum atomic E-state index is 14.6. The lowest BCUT2D eigenvalue weighted by atomic mass is 10.1. The number of phenols is 1. The van der Waals surface area contributed by atoms with E-state index in [1.54, 1.807) is 6.07 Å². The van der Waals surface area contributed by atoms with Crippen LogP contribution in [0.25, 0.3) is 20.5 Å². The van der Waals surface area contributed by atoms with Crippen molar-refractivity contribution in [1.29, 1.82) is 0 Å². The first-order valence-electron chi connectivity index (χ1n) is 9.02. The number of carbonyl (C=O) groups is 1. The Hall–Kier alpha value is -3.01. The van der Waals surface area contributed by atoms with Crippen molar-refractivity contribution in [3.63, 3.8) is 0 Å². The lowest BCUT2D eigenvalue weighted by molar-refractivity contribution is 0.0696. The quantitative estimate of drug-likeness (QED) is 0.361. The zero-order valence-electron chi connectivity index (χ0n) is 16.0. The number of phenolic OH excluding ortho intramolecular Hbond substituents is 1. The standard InChI is InChI=1S/C22H13ClF2O5S2/c23-15-6-12(22(27)28)8-20(21(15)26)32(29,30)10-13-5-14(17(25)9-16(13)24)19-7-11-3-1-2-4-18(11)31-19/h1-9,26H,10H2,(H,27,28). The van der Waals surface area contributed by atoms with Gasteiger partial charge < -0.3 is 10.2 Å². The van der Waals surface area contributed by atoms with Crippen LogP contribution in [-0.2, 0) is 15.6 Å². The highest BCUT2D eigenvalue weighted by molar-refractivity contribution is 7.90. The number of rotatable bonds is 5. The van der Waals surface area contributed by atoms with Gasteiger partial charge in [0.2, 0.25) is 0 Å². The van der Waals surface area contributed by atoms with E-state index in [4.69, 9.17) is 16.7 Å². The highest BCUT2D eigenvalue weighted by atomic mass is 35.5. The van der Waals surface area contributed by atoms with E-state index < -0.39 is 54.4 Å². The Labute approximate surface area is 190 Å². The molecule has 2 N–H and O–H groups in total. The Balaban J connectivity index is 1.80. The zero-order chi connectivity index (χ0) is 23.2. The van der Waals surface area contributed by atoms with Crippen LogP contribution in [-0.4, -0.2) is 24.6 Å². The summed E-state index contributed by atoms with van der Waals surface area (Å²) < 4.78 is 55.7. The molecule has 10 heteroatoms. The third-order valence-electron chi connectivity index (χ3n) is 4.78. The molecule has 0 atom stereocenters. The summed E-state index contributed by atoms with van der Waals surface area (Å²) in [5.41, 5.74) is -0.772. The number of aromatic hydroxyl groups is 1. The molecule has 3 aromatic carbocycles. The predicted molar refractivity (Wildman–Crippen MR) is 118 cm³/mol. The Morgan fingerprint density at radius 1 is 1.03 bits per heavy atom. The molecule has 1 heterocycles. The topological polar surface area (TPSA) is 91.7 Å². The number of carboxylic acid groups (broad SMARTS) is 1. The third kappa shape index (κ3) is 4.06. The molecule has 5 nitrogen and oxygen atoms in total. The van der Waals surface area contributed by atoms with Crippen LogP contribution in [0.3, 0.4) is 0 Å². The summed E-state index contributed by atoms with van der Waals surface area (Å²) in [6, 6.07) is 12.4. The number of fused-ring (bicyclic) bond motifs is 1. The molecular weight excluding hydrogens is 482 g/mol. The van der Waals surface area contributed by atoms with Crippen molar-refractivity contribution in [3.05, 3.63) is 82.4 Å². The van der Waals surface area contributed by atoms with Crippen molar-refractivity contribution >= 4 is 48.8 Å². The van der Waals surface area contributed by atoms with Gasteiger partial charge >= 0.3 is 5.97 Å². The van der Waals surface area contributed by atoms with Crippen LogP contribution < -0.4 is 0 Å². The average molecular weight is 495 g/mol. The molecule has 0 bridgehead atoms. The van der Waals surface area contributed by atoms with Crippen molar-refractivity contribution in [2.45, 2.75) is 10.6 Å². The maximum Gasteiger partial charge on any atom is 0.335 e. The van der Waals surface area contributed by atoms with E-state index in [-0.39, 0.29) is 11.1 Å². The molecule has 0 amide bonds. The van der Waals surface area contributed by atoms with E-state index in [0.29, 0.717) is 10.9 Å². The summed E-state index contributed by atoms with van der Waals surface area (Å²) in [6.07, 6.45) is 0. The molecule has 164 valence electrons. The van der Waals surface area contributed by atoms with Crippen LogP contribution in [0.4, 0.5) is 8.78 Å². The van der Waals surface area contributed by atoms with Gasteiger partial charge in [0.15, 0.2) is 15.6 Å². The number of aromatic carboxylic acids is 1. The summed E-state index contributed by atoms with van der Waals surface area (Å²) in [5.74, 6) is -5.18. The molecule has 0 fully saturated rings. The molecule has 4 rings (SSSR count). The fraction of sp³-hybridized carbons (Fsp3) is 0.0455. The number of hydrogen-bond donors (Lipinski definition) is 2. The van der Waals surface area contributed by atoms with Crippen LogP contribution >= 0.6 is 22.9 Å². The van der Waals surface area contributed by atoms with Gasteiger partial charge in [0.05, 0.1) is 16.3 Å². The van der Waals surface area contributed by atoms with E-state index in [9.17, 15) is 27.1 Å². The lowest BCUT2D eigenvalue weighted by Crippen LogP contribution is -2.09. The first-order chi connectivity index (χ1) is 15.1. The molecule has 0 saturated heterocycles. The van der Waals surface area contributed by atoms with Gasteiger partial charge in [0.25, 0.3) is 0 Å². The lowest BCUT2D eigenvalue weighted by Gasteiger charge is -2.11. The van der Waals surface area contributed by atoms with Gasteiger partial charge in [-0.25, -0.2) is 22.0 Å². The minimum Gasteiger partial charge on any atom is -0.505 e. The highest BCUT2D eigenvalue weighted by Crippen LogP contribution is 2.38. The summed E-state index contributed by atoms with van der Waals surface area (Å²) in [5, 5.41) is 19.6. The molecule has 0 unspecified atom stereocenters. The number of carboxylic acids is 1. The van der Waals surface area contributed by atoms with Crippen molar-refractivity contribution in [2.24, 2.45) is 0 Å². The summed E-state index contributed by atoms with van der Waals surface area (Å²) >= 11 is 7.04. The van der Waals surface area contributed by atoms with Gasteiger partial charge in [-0.05, 0) is 35.7 Å². The predicted octanol–water partition coefficient (Wildman–Crippen LogP) is 5.88. The van der Waals surface area contributed by atoms with Crippen molar-refractivity contribution < 1.29 is 32.2 Å². The van der Waals surface area contributed by atoms with Crippen LogP contribution in [0.1, 0.15) is 15.9 Å². The first-order valence-corrected chi connectivity index (χ1v) is 11.9. The Kier molecular flexibility index (Phi) is 5.66. The Morgan fingerprint density at radius 3 is 2.44 bits per heavy atom. The third-order valence-corrected chi connectivity index (χ3v) is 7.89. The van der Waals surface area contributed by atoms with Gasteiger partial charge in [-0.15, -0.1) is 11.3 Å². The summed E-state index contributed by atoms with van der Waals surface area (Å²) in [6.45, 7) is 0. The monoisotopic (exact) mass is 494 g/mol. The fourth-order valence-corrected chi connectivity index (χ4v) is 6.08. The Morgan fingerprint density at radius 2 is 1.75 bits per heavy atom. The second kappa shape index (κ2) is 8.16. The van der Waals surface area contributed by atoms with Crippen molar-refractivity contribution in [2.75, 3.05) is 0 Å². The molecule has 0 aliphatic carbocycles. The highest BCUT2D eigenvalue weighted by Gasteiger charge is 2.26. The molecule has 0 saturated carbocycles. The van der Waals surface area contributed by atoms with Crippen molar-refractivity contribution in [3.8, 4) is 16.2 Å². The van der Waals surface area contributed by atoms with Crippen LogP contribution in [0.2, 0.25) is 5.02 Å². The fourth-order valence-electron chi connectivity index (χ4n) is 3.22. The molecule has 1 aromatic heterocycles. The number of thiophene rings is 1. The normalized spacial score (nSPS) is 11.7. The van der Waals surface area contributed by atoms with Crippen LogP contribution in [0.5, 0.6) is 5.75 Å². The Bertz CT molecular complexity index is 1460. The van der Waals surface area contributed by atoms with Crippen molar-refractivity contribution in [1.82, 2.24) is 0 Å².